The van der Waals surface area contributed by atoms with Gasteiger partial charge in [-0.2, -0.15) is 0 Å². The Kier molecular flexibility index (Phi) is 5.35. The Morgan fingerprint density at radius 2 is 1.76 bits per heavy atom. The molecule has 0 saturated carbocycles. The number of amides is 2. The summed E-state index contributed by atoms with van der Waals surface area (Å²) in [5.41, 5.74) is 2.83. The van der Waals surface area contributed by atoms with Crippen LogP contribution in [0.25, 0.3) is 11.1 Å². The maximum Gasteiger partial charge on any atom is 0.321 e. The summed E-state index contributed by atoms with van der Waals surface area (Å²) >= 11 is 0. The predicted octanol–water partition coefficient (Wildman–Crippen LogP) is 3.20. The molecule has 110 valence electrons. The lowest BCUT2D eigenvalue weighted by Gasteiger charge is -2.19. The number of carbonyl (C=O) groups is 1. The summed E-state index contributed by atoms with van der Waals surface area (Å²) < 4.78 is 0. The molecule has 0 fully saturated rings. The fourth-order valence-corrected chi connectivity index (χ4v) is 2.08. The summed E-state index contributed by atoms with van der Waals surface area (Å²) in [6.07, 6.45) is 0.574. The van der Waals surface area contributed by atoms with Crippen LogP contribution in [0.4, 0.5) is 10.5 Å². The SMILES string of the molecule is CN(CCCO)C(=O)Nc1ccccc1-c1ccccc1. The van der Waals surface area contributed by atoms with Crippen molar-refractivity contribution in [1.82, 2.24) is 4.90 Å². The van der Waals surface area contributed by atoms with E-state index in [0.717, 1.165) is 16.8 Å². The van der Waals surface area contributed by atoms with Crippen molar-refractivity contribution in [2.75, 3.05) is 25.5 Å². The van der Waals surface area contributed by atoms with Gasteiger partial charge in [-0.15, -0.1) is 0 Å². The van der Waals surface area contributed by atoms with E-state index in [4.69, 9.17) is 5.11 Å². The molecule has 0 unspecified atom stereocenters. The van der Waals surface area contributed by atoms with Crippen molar-refractivity contribution in [3.05, 3.63) is 54.6 Å². The van der Waals surface area contributed by atoms with Crippen LogP contribution in [0, 0.1) is 0 Å². The molecule has 0 bridgehead atoms. The highest BCUT2D eigenvalue weighted by molar-refractivity contribution is 5.94. The van der Waals surface area contributed by atoms with E-state index in [1.807, 2.05) is 54.6 Å². The maximum atomic E-state index is 12.1. The molecule has 2 rings (SSSR count). The Labute approximate surface area is 125 Å². The molecule has 2 amide bonds. The summed E-state index contributed by atoms with van der Waals surface area (Å²) in [4.78, 5) is 13.7. The maximum absolute atomic E-state index is 12.1. The first-order chi connectivity index (χ1) is 10.2. The highest BCUT2D eigenvalue weighted by atomic mass is 16.3. The molecule has 21 heavy (non-hydrogen) atoms. The molecule has 0 aromatic heterocycles. The molecule has 4 heteroatoms. The average Bonchev–Trinajstić information content (AvgIpc) is 2.54. The van der Waals surface area contributed by atoms with E-state index in [2.05, 4.69) is 5.32 Å². The quantitative estimate of drug-likeness (QED) is 0.886. The number of carbonyl (C=O) groups excluding carboxylic acids is 1. The minimum absolute atomic E-state index is 0.0816. The van der Waals surface area contributed by atoms with Gasteiger partial charge in [0.05, 0.1) is 5.69 Å². The fourth-order valence-electron chi connectivity index (χ4n) is 2.08. The number of benzene rings is 2. The topological polar surface area (TPSA) is 52.6 Å². The molecule has 0 aliphatic carbocycles. The Balaban J connectivity index is 2.16. The summed E-state index contributed by atoms with van der Waals surface area (Å²) in [5, 5.41) is 11.7. The van der Waals surface area contributed by atoms with Crippen LogP contribution in [0.1, 0.15) is 6.42 Å². The number of urea groups is 1. The largest absolute Gasteiger partial charge is 0.396 e. The van der Waals surface area contributed by atoms with Crippen LogP contribution >= 0.6 is 0 Å². The first-order valence-electron chi connectivity index (χ1n) is 7.00. The number of rotatable bonds is 5. The van der Waals surface area contributed by atoms with E-state index in [-0.39, 0.29) is 12.6 Å². The zero-order valence-corrected chi connectivity index (χ0v) is 12.1. The third kappa shape index (κ3) is 4.07. The lowest BCUT2D eigenvalue weighted by atomic mass is 10.0. The average molecular weight is 284 g/mol. The highest BCUT2D eigenvalue weighted by Gasteiger charge is 2.11. The van der Waals surface area contributed by atoms with E-state index in [1.165, 1.54) is 0 Å². The molecule has 0 radical (unpaired) electrons. The molecule has 0 heterocycles. The smallest absolute Gasteiger partial charge is 0.321 e. The molecule has 2 N–H and O–H groups in total. The standard InChI is InChI=1S/C17H20N2O2/c1-19(12-7-13-20)17(21)18-16-11-6-5-10-15(16)14-8-3-2-4-9-14/h2-6,8-11,20H,7,12-13H2,1H3,(H,18,21). The Bertz CT molecular complexity index is 584. The first-order valence-corrected chi connectivity index (χ1v) is 7.00. The molecule has 2 aromatic rings. The zero-order valence-electron chi connectivity index (χ0n) is 12.1. The number of anilines is 1. The van der Waals surface area contributed by atoms with Crippen LogP contribution in [0.2, 0.25) is 0 Å². The number of aliphatic hydroxyl groups is 1. The van der Waals surface area contributed by atoms with Crippen LogP contribution in [0.5, 0.6) is 0 Å². The summed E-state index contributed by atoms with van der Waals surface area (Å²) in [6.45, 7) is 0.605. The number of nitrogens with one attached hydrogen (secondary N) is 1. The van der Waals surface area contributed by atoms with E-state index in [9.17, 15) is 4.79 Å². The van der Waals surface area contributed by atoms with E-state index in [0.29, 0.717) is 13.0 Å². The Hall–Kier alpha value is -2.33. The molecule has 0 aliphatic rings. The lowest BCUT2D eigenvalue weighted by Crippen LogP contribution is -2.32. The summed E-state index contributed by atoms with van der Waals surface area (Å²) in [7, 11) is 1.72. The van der Waals surface area contributed by atoms with Crippen molar-refractivity contribution in [3.63, 3.8) is 0 Å². The van der Waals surface area contributed by atoms with Gasteiger partial charge in [0.2, 0.25) is 0 Å². The fraction of sp³-hybridized carbons (Fsp3) is 0.235. The second-order valence-corrected chi connectivity index (χ2v) is 4.84. The van der Waals surface area contributed by atoms with Gasteiger partial charge in [0, 0.05) is 25.8 Å². The van der Waals surface area contributed by atoms with Gasteiger partial charge < -0.3 is 15.3 Å². The first kappa shape index (κ1) is 15.1. The lowest BCUT2D eigenvalue weighted by molar-refractivity contribution is 0.214. The molecular weight excluding hydrogens is 264 g/mol. The van der Waals surface area contributed by atoms with Gasteiger partial charge in [0.15, 0.2) is 0 Å². The van der Waals surface area contributed by atoms with Crippen molar-refractivity contribution in [3.8, 4) is 11.1 Å². The van der Waals surface area contributed by atoms with Gasteiger partial charge in [-0.05, 0) is 18.1 Å². The van der Waals surface area contributed by atoms with Crippen molar-refractivity contribution in [2.24, 2.45) is 0 Å². The predicted molar refractivity (Wildman–Crippen MR) is 85.2 cm³/mol. The summed E-state index contributed by atoms with van der Waals surface area (Å²) in [6, 6.07) is 17.5. The van der Waals surface area contributed by atoms with Gasteiger partial charge in [-0.25, -0.2) is 4.79 Å². The third-order valence-electron chi connectivity index (χ3n) is 3.25. The van der Waals surface area contributed by atoms with Crippen molar-refractivity contribution >= 4 is 11.7 Å². The van der Waals surface area contributed by atoms with E-state index in [1.54, 1.807) is 11.9 Å². The molecule has 0 saturated heterocycles. The van der Waals surface area contributed by atoms with Crippen LogP contribution in [0.3, 0.4) is 0 Å². The van der Waals surface area contributed by atoms with Crippen LogP contribution in [0.15, 0.2) is 54.6 Å². The summed E-state index contributed by atoms with van der Waals surface area (Å²) in [5.74, 6) is 0. The van der Waals surface area contributed by atoms with Crippen LogP contribution in [-0.4, -0.2) is 36.2 Å². The van der Waals surface area contributed by atoms with Crippen LogP contribution < -0.4 is 5.32 Å². The van der Waals surface area contributed by atoms with Crippen molar-refractivity contribution in [2.45, 2.75) is 6.42 Å². The van der Waals surface area contributed by atoms with Crippen molar-refractivity contribution in [1.29, 1.82) is 0 Å². The Morgan fingerprint density at radius 1 is 1.10 bits per heavy atom. The number of aliphatic hydroxyl groups excluding tert-OH is 1. The van der Waals surface area contributed by atoms with Gasteiger partial charge in [-0.3, -0.25) is 0 Å². The number of nitrogens with zero attached hydrogens (tertiary/aromatic N) is 1. The normalized spacial score (nSPS) is 10.2. The monoisotopic (exact) mass is 284 g/mol. The van der Waals surface area contributed by atoms with Gasteiger partial charge in [-0.1, -0.05) is 48.5 Å². The highest BCUT2D eigenvalue weighted by Crippen LogP contribution is 2.27. The van der Waals surface area contributed by atoms with Gasteiger partial charge in [0.25, 0.3) is 0 Å². The second-order valence-electron chi connectivity index (χ2n) is 4.84. The number of hydrogen-bond acceptors (Lipinski definition) is 2. The minimum Gasteiger partial charge on any atom is -0.396 e. The molecule has 2 aromatic carbocycles. The number of para-hydroxylation sites is 1. The molecule has 0 atom stereocenters. The van der Waals surface area contributed by atoms with Gasteiger partial charge in [0.1, 0.15) is 0 Å². The molecular formula is C17H20N2O2. The van der Waals surface area contributed by atoms with Crippen LogP contribution in [-0.2, 0) is 0 Å². The molecule has 0 spiro atoms. The number of hydrogen-bond donors (Lipinski definition) is 2. The van der Waals surface area contributed by atoms with E-state index >= 15 is 0 Å². The van der Waals surface area contributed by atoms with Crippen molar-refractivity contribution < 1.29 is 9.90 Å². The molecule has 0 aliphatic heterocycles. The molecule has 4 nitrogen and oxygen atoms in total. The third-order valence-corrected chi connectivity index (χ3v) is 3.25. The second kappa shape index (κ2) is 7.45. The zero-order chi connectivity index (χ0) is 15.1. The van der Waals surface area contributed by atoms with Gasteiger partial charge >= 0.3 is 6.03 Å². The Morgan fingerprint density at radius 3 is 2.48 bits per heavy atom. The minimum atomic E-state index is -0.174. The van der Waals surface area contributed by atoms with E-state index < -0.39 is 0 Å².